The first kappa shape index (κ1) is 21.4. The van der Waals surface area contributed by atoms with Crippen molar-refractivity contribution in [3.05, 3.63) is 81.8 Å². The normalized spacial score (nSPS) is 15.7. The van der Waals surface area contributed by atoms with Crippen molar-refractivity contribution in [3.8, 4) is 11.5 Å². The van der Waals surface area contributed by atoms with Gasteiger partial charge in [0.1, 0.15) is 16.3 Å². The fraction of sp³-hybridized carbons (Fsp3) is 0.0500. The van der Waals surface area contributed by atoms with Crippen LogP contribution in [0.5, 0.6) is 11.5 Å². The van der Waals surface area contributed by atoms with Crippen LogP contribution < -0.4 is 14.8 Å². The van der Waals surface area contributed by atoms with Crippen LogP contribution in [-0.2, 0) is 16.6 Å². The van der Waals surface area contributed by atoms with Crippen LogP contribution >= 0.6 is 23.2 Å². The Bertz CT molecular complexity index is 1320. The first-order chi connectivity index (χ1) is 14.7. The van der Waals surface area contributed by atoms with Crippen molar-refractivity contribution in [1.29, 1.82) is 0 Å². The maximum absolute atomic E-state index is 13.5. The molecule has 2 N–H and O–H groups in total. The number of aliphatic imine (C=N–C) groups is 1. The van der Waals surface area contributed by atoms with E-state index in [9.17, 15) is 17.2 Å². The highest BCUT2D eigenvalue weighted by Crippen LogP contribution is 2.38. The lowest BCUT2D eigenvalue weighted by atomic mass is 10.2. The molecule has 0 fully saturated rings. The highest BCUT2D eigenvalue weighted by Gasteiger charge is 2.29. The number of nitrogens with zero attached hydrogens (tertiary/aromatic N) is 1. The fourth-order valence-electron chi connectivity index (χ4n) is 2.84. The molecule has 0 atom stereocenters. The Hall–Kier alpha value is -2.88. The molecule has 0 saturated heterocycles. The first-order valence-electron chi connectivity index (χ1n) is 8.78. The Morgan fingerprint density at radius 2 is 1.65 bits per heavy atom. The van der Waals surface area contributed by atoms with Crippen molar-refractivity contribution >= 4 is 44.9 Å². The molecule has 0 saturated carbocycles. The third-order valence-corrected chi connectivity index (χ3v) is 6.35. The molecular formula is C20H13Cl2F2N3O3S. The molecule has 0 spiro atoms. The molecule has 4 rings (SSSR count). The molecule has 3 aromatic rings. The Morgan fingerprint density at radius 3 is 2.42 bits per heavy atom. The lowest BCUT2D eigenvalue weighted by Gasteiger charge is -2.23. The monoisotopic (exact) mass is 483 g/mol. The quantitative estimate of drug-likeness (QED) is 0.491. The number of hydrogen-bond donors (Lipinski definition) is 2. The summed E-state index contributed by atoms with van der Waals surface area (Å²) in [6, 6.07) is 12.9. The van der Waals surface area contributed by atoms with Crippen molar-refractivity contribution in [2.45, 2.75) is 11.4 Å². The van der Waals surface area contributed by atoms with Gasteiger partial charge >= 0.3 is 0 Å². The maximum Gasteiger partial charge on any atom is 0.266 e. The van der Waals surface area contributed by atoms with Gasteiger partial charge < -0.3 is 10.1 Å². The number of fused-ring (bicyclic) bond motifs is 1. The number of guanidine groups is 1. The van der Waals surface area contributed by atoms with Crippen LogP contribution in [0.15, 0.2) is 64.5 Å². The van der Waals surface area contributed by atoms with Crippen molar-refractivity contribution < 1.29 is 21.9 Å². The van der Waals surface area contributed by atoms with Crippen LogP contribution in [0.4, 0.5) is 14.5 Å². The molecule has 31 heavy (non-hydrogen) atoms. The summed E-state index contributed by atoms with van der Waals surface area (Å²) in [5.74, 6) is -1.77. The van der Waals surface area contributed by atoms with Crippen molar-refractivity contribution in [1.82, 2.24) is 4.72 Å². The fourth-order valence-corrected chi connectivity index (χ4v) is 4.38. The second kappa shape index (κ2) is 8.33. The van der Waals surface area contributed by atoms with Gasteiger partial charge in [-0.2, -0.15) is 0 Å². The number of rotatable bonds is 4. The zero-order valence-electron chi connectivity index (χ0n) is 15.5. The van der Waals surface area contributed by atoms with E-state index in [0.29, 0.717) is 10.8 Å². The van der Waals surface area contributed by atoms with Gasteiger partial charge in [-0.05, 0) is 42.0 Å². The second-order valence-electron chi connectivity index (χ2n) is 6.41. The smallest absolute Gasteiger partial charge is 0.266 e. The van der Waals surface area contributed by atoms with E-state index < -0.39 is 21.7 Å². The topological polar surface area (TPSA) is 79.8 Å². The molecule has 1 aliphatic heterocycles. The lowest BCUT2D eigenvalue weighted by Crippen LogP contribution is -2.40. The van der Waals surface area contributed by atoms with Crippen LogP contribution in [-0.4, -0.2) is 14.4 Å². The van der Waals surface area contributed by atoms with E-state index >= 15 is 0 Å². The van der Waals surface area contributed by atoms with Crippen LogP contribution in [0.25, 0.3) is 0 Å². The summed E-state index contributed by atoms with van der Waals surface area (Å²) < 4.78 is 60.2. The summed E-state index contributed by atoms with van der Waals surface area (Å²) in [5, 5.41) is 3.17. The molecule has 0 aliphatic carbocycles. The molecule has 0 radical (unpaired) electrons. The molecule has 0 unspecified atom stereocenters. The van der Waals surface area contributed by atoms with Gasteiger partial charge in [-0.15, -0.1) is 0 Å². The first-order valence-corrected chi connectivity index (χ1v) is 11.0. The molecular weight excluding hydrogens is 471 g/mol. The SMILES string of the molecule is O=S1(=O)NC(=NCc2cc(F)c(F)cc2Cl)Nc2c(Oc3ccccc3Cl)cccc21. The van der Waals surface area contributed by atoms with E-state index in [4.69, 9.17) is 27.9 Å². The third-order valence-electron chi connectivity index (χ3n) is 4.31. The molecule has 3 aromatic carbocycles. The van der Waals surface area contributed by atoms with Crippen molar-refractivity contribution in [3.63, 3.8) is 0 Å². The number of sulfonamides is 1. The average Bonchev–Trinajstić information content (AvgIpc) is 2.71. The van der Waals surface area contributed by atoms with Crippen LogP contribution in [0, 0.1) is 11.6 Å². The van der Waals surface area contributed by atoms with Gasteiger partial charge in [0.05, 0.1) is 11.6 Å². The summed E-state index contributed by atoms with van der Waals surface area (Å²) in [4.78, 5) is 4.05. The molecule has 1 aliphatic rings. The number of ether oxygens (including phenoxy) is 1. The van der Waals surface area contributed by atoms with E-state index in [1.54, 1.807) is 30.3 Å². The number of hydrogen-bond acceptors (Lipinski definition) is 4. The number of para-hydroxylation sites is 2. The molecule has 160 valence electrons. The van der Waals surface area contributed by atoms with Gasteiger partial charge in [0.2, 0.25) is 5.96 Å². The summed E-state index contributed by atoms with van der Waals surface area (Å²) in [7, 11) is -3.97. The number of anilines is 1. The zero-order valence-corrected chi connectivity index (χ0v) is 17.8. The second-order valence-corrected chi connectivity index (χ2v) is 8.88. The molecule has 1 heterocycles. The average molecular weight is 484 g/mol. The van der Waals surface area contributed by atoms with Gasteiger partial charge in [-0.25, -0.2) is 26.9 Å². The van der Waals surface area contributed by atoms with Gasteiger partial charge in [0.25, 0.3) is 10.0 Å². The third kappa shape index (κ3) is 4.43. The molecule has 6 nitrogen and oxygen atoms in total. The van der Waals surface area contributed by atoms with Crippen molar-refractivity contribution in [2.24, 2.45) is 4.99 Å². The lowest BCUT2D eigenvalue weighted by molar-refractivity contribution is 0.483. The minimum Gasteiger partial charge on any atom is -0.454 e. The predicted molar refractivity (Wildman–Crippen MR) is 114 cm³/mol. The highest BCUT2D eigenvalue weighted by atomic mass is 35.5. The van der Waals surface area contributed by atoms with E-state index in [2.05, 4.69) is 15.0 Å². The van der Waals surface area contributed by atoms with E-state index in [-0.39, 0.29) is 39.4 Å². The van der Waals surface area contributed by atoms with E-state index in [1.165, 1.54) is 12.1 Å². The Labute approximate surface area is 186 Å². The molecule has 0 bridgehead atoms. The Balaban J connectivity index is 1.68. The standard InChI is InChI=1S/C20H13Cl2F2N3O3S/c21-12-4-1-2-5-16(12)30-17-6-3-7-18-19(17)26-20(27-31(18,28)29)25-10-11-8-14(23)15(24)9-13(11)22/h1-9H,10H2,(H2,25,26,27). The van der Waals surface area contributed by atoms with Crippen LogP contribution in [0.1, 0.15) is 5.56 Å². The minimum absolute atomic E-state index is 0.0370. The molecule has 11 heteroatoms. The summed E-state index contributed by atoms with van der Waals surface area (Å²) >= 11 is 12.0. The summed E-state index contributed by atoms with van der Waals surface area (Å²) in [6.07, 6.45) is 0. The number of halogens is 4. The maximum atomic E-state index is 13.5. The van der Waals surface area contributed by atoms with Gasteiger partial charge in [0, 0.05) is 5.02 Å². The van der Waals surface area contributed by atoms with E-state index in [0.717, 1.165) is 12.1 Å². The zero-order chi connectivity index (χ0) is 22.2. The highest BCUT2D eigenvalue weighted by molar-refractivity contribution is 7.90. The number of nitrogens with one attached hydrogen (secondary N) is 2. The summed E-state index contributed by atoms with van der Waals surface area (Å²) in [5.41, 5.74) is 0.330. The Morgan fingerprint density at radius 1 is 0.935 bits per heavy atom. The van der Waals surface area contributed by atoms with Crippen LogP contribution in [0.2, 0.25) is 10.0 Å². The van der Waals surface area contributed by atoms with Gasteiger partial charge in [0.15, 0.2) is 17.4 Å². The van der Waals surface area contributed by atoms with E-state index in [1.807, 2.05) is 0 Å². The van der Waals surface area contributed by atoms with Crippen LogP contribution in [0.3, 0.4) is 0 Å². The van der Waals surface area contributed by atoms with Gasteiger partial charge in [-0.1, -0.05) is 41.4 Å². The van der Waals surface area contributed by atoms with Gasteiger partial charge in [-0.3, -0.25) is 0 Å². The molecule has 0 aromatic heterocycles. The molecule has 0 amide bonds. The summed E-state index contributed by atoms with van der Waals surface area (Å²) in [6.45, 7) is -0.205. The predicted octanol–water partition coefficient (Wildman–Crippen LogP) is 5.32. The number of benzene rings is 3. The minimum atomic E-state index is -3.97. The largest absolute Gasteiger partial charge is 0.454 e. The Kier molecular flexibility index (Phi) is 5.74. The van der Waals surface area contributed by atoms with Crippen molar-refractivity contribution in [2.75, 3.05) is 5.32 Å².